The number of rotatable bonds is 3. The summed E-state index contributed by atoms with van der Waals surface area (Å²) in [6.07, 6.45) is 6.85. The number of nitrogens with zero attached hydrogens (tertiary/aromatic N) is 5. The maximum absolute atomic E-state index is 5.71. The normalized spacial score (nSPS) is 15.2. The maximum Gasteiger partial charge on any atom is 0.226 e. The van der Waals surface area contributed by atoms with E-state index in [1.54, 1.807) is 0 Å². The van der Waals surface area contributed by atoms with E-state index >= 15 is 0 Å². The van der Waals surface area contributed by atoms with Gasteiger partial charge in [-0.15, -0.1) is 0 Å². The smallest absolute Gasteiger partial charge is 0.226 e. The third-order valence-electron chi connectivity index (χ3n) is 2.59. The first-order chi connectivity index (χ1) is 8.20. The van der Waals surface area contributed by atoms with Crippen LogP contribution in [0.4, 0.5) is 0 Å². The van der Waals surface area contributed by atoms with Gasteiger partial charge < -0.3 is 4.57 Å². The molecule has 0 bridgehead atoms. The molecule has 2 heterocycles. The van der Waals surface area contributed by atoms with Gasteiger partial charge in [0.15, 0.2) is 0 Å². The molecule has 17 heavy (non-hydrogen) atoms. The van der Waals surface area contributed by atoms with Crippen LogP contribution in [0.5, 0.6) is 0 Å². The summed E-state index contributed by atoms with van der Waals surface area (Å²) >= 11 is 11.4. The SMILES string of the molecule is Clc1nc(Cl)nc(Cc2cn(C3CC3)cn2)n1. The van der Waals surface area contributed by atoms with Gasteiger partial charge in [-0.3, -0.25) is 0 Å². The minimum atomic E-state index is 0.113. The number of imidazole rings is 1. The number of hydrogen-bond acceptors (Lipinski definition) is 4. The highest BCUT2D eigenvalue weighted by molar-refractivity contribution is 6.30. The molecule has 0 radical (unpaired) electrons. The Labute approximate surface area is 108 Å². The highest BCUT2D eigenvalue weighted by Crippen LogP contribution is 2.34. The summed E-state index contributed by atoms with van der Waals surface area (Å²) in [7, 11) is 0. The molecule has 0 amide bonds. The van der Waals surface area contributed by atoms with Crippen molar-refractivity contribution in [3.8, 4) is 0 Å². The van der Waals surface area contributed by atoms with Crippen molar-refractivity contribution in [1.82, 2.24) is 24.5 Å². The highest BCUT2D eigenvalue weighted by atomic mass is 35.5. The molecule has 0 aliphatic heterocycles. The van der Waals surface area contributed by atoms with Gasteiger partial charge in [0.25, 0.3) is 0 Å². The Morgan fingerprint density at radius 2 is 1.88 bits per heavy atom. The van der Waals surface area contributed by atoms with Crippen molar-refractivity contribution >= 4 is 23.2 Å². The molecule has 88 valence electrons. The van der Waals surface area contributed by atoms with E-state index in [1.165, 1.54) is 12.8 Å². The molecular formula is C10H9Cl2N5. The lowest BCUT2D eigenvalue weighted by atomic mass is 10.3. The first kappa shape index (κ1) is 10.9. The third-order valence-corrected chi connectivity index (χ3v) is 2.93. The van der Waals surface area contributed by atoms with Crippen LogP contribution in [0.1, 0.15) is 30.4 Å². The van der Waals surface area contributed by atoms with Crippen LogP contribution in [0.2, 0.25) is 10.6 Å². The summed E-state index contributed by atoms with van der Waals surface area (Å²) in [6.45, 7) is 0. The van der Waals surface area contributed by atoms with Crippen LogP contribution < -0.4 is 0 Å². The molecule has 0 saturated heterocycles. The fourth-order valence-electron chi connectivity index (χ4n) is 1.65. The zero-order valence-electron chi connectivity index (χ0n) is 8.85. The molecule has 7 heteroatoms. The van der Waals surface area contributed by atoms with Gasteiger partial charge in [-0.25, -0.2) is 15.0 Å². The van der Waals surface area contributed by atoms with Crippen molar-refractivity contribution in [3.63, 3.8) is 0 Å². The van der Waals surface area contributed by atoms with E-state index in [1.807, 2.05) is 12.5 Å². The van der Waals surface area contributed by atoms with Gasteiger partial charge in [-0.05, 0) is 36.0 Å². The number of aromatic nitrogens is 5. The molecule has 0 atom stereocenters. The predicted octanol–water partition coefficient (Wildman–Crippen LogP) is 2.30. The fraction of sp³-hybridized carbons (Fsp3) is 0.400. The Morgan fingerprint density at radius 1 is 1.18 bits per heavy atom. The second kappa shape index (κ2) is 4.23. The average molecular weight is 270 g/mol. The quantitative estimate of drug-likeness (QED) is 0.858. The molecule has 3 rings (SSSR count). The number of halogens is 2. The standard InChI is InChI=1S/C10H9Cl2N5/c11-9-14-8(15-10(12)16-9)3-6-4-17(5-13-6)7-1-2-7/h4-5,7H,1-3H2. The first-order valence-electron chi connectivity index (χ1n) is 5.29. The van der Waals surface area contributed by atoms with Gasteiger partial charge >= 0.3 is 0 Å². The molecule has 1 fully saturated rings. The Hall–Kier alpha value is -1.20. The molecule has 0 unspecified atom stereocenters. The summed E-state index contributed by atoms with van der Waals surface area (Å²) < 4.78 is 2.12. The van der Waals surface area contributed by atoms with Gasteiger partial charge in [0.2, 0.25) is 10.6 Å². The summed E-state index contributed by atoms with van der Waals surface area (Å²) in [5.41, 5.74) is 0.912. The molecule has 0 aromatic carbocycles. The zero-order chi connectivity index (χ0) is 11.8. The molecule has 1 aliphatic rings. The second-order valence-corrected chi connectivity index (χ2v) is 4.69. The second-order valence-electron chi connectivity index (χ2n) is 4.01. The van der Waals surface area contributed by atoms with E-state index in [9.17, 15) is 0 Å². The van der Waals surface area contributed by atoms with Crippen molar-refractivity contribution in [2.45, 2.75) is 25.3 Å². The lowest BCUT2D eigenvalue weighted by Gasteiger charge is -1.98. The van der Waals surface area contributed by atoms with Gasteiger partial charge in [-0.2, -0.15) is 4.98 Å². The van der Waals surface area contributed by atoms with Crippen LogP contribution in [0.3, 0.4) is 0 Å². The van der Waals surface area contributed by atoms with Crippen LogP contribution in [-0.2, 0) is 6.42 Å². The van der Waals surface area contributed by atoms with E-state index < -0.39 is 0 Å². The van der Waals surface area contributed by atoms with E-state index in [0.29, 0.717) is 18.3 Å². The molecule has 0 spiro atoms. The maximum atomic E-state index is 5.71. The van der Waals surface area contributed by atoms with Gasteiger partial charge in [-0.1, -0.05) is 0 Å². The highest BCUT2D eigenvalue weighted by Gasteiger charge is 2.23. The average Bonchev–Trinajstić information content (AvgIpc) is 2.99. The Kier molecular flexibility index (Phi) is 2.72. The molecule has 2 aromatic rings. The van der Waals surface area contributed by atoms with E-state index in [2.05, 4.69) is 24.5 Å². The van der Waals surface area contributed by atoms with Crippen LogP contribution in [-0.4, -0.2) is 24.5 Å². The minimum absolute atomic E-state index is 0.113. The lowest BCUT2D eigenvalue weighted by Crippen LogP contribution is -1.99. The monoisotopic (exact) mass is 269 g/mol. The topological polar surface area (TPSA) is 56.5 Å². The first-order valence-corrected chi connectivity index (χ1v) is 6.04. The summed E-state index contributed by atoms with van der Waals surface area (Å²) in [6, 6.07) is 0.627. The van der Waals surface area contributed by atoms with Crippen LogP contribution >= 0.6 is 23.2 Å². The molecular weight excluding hydrogens is 261 g/mol. The van der Waals surface area contributed by atoms with Crippen molar-refractivity contribution in [2.24, 2.45) is 0 Å². The van der Waals surface area contributed by atoms with Crippen LogP contribution in [0.15, 0.2) is 12.5 Å². The Balaban J connectivity index is 1.80. The Bertz CT molecular complexity index is 529. The number of hydrogen-bond donors (Lipinski definition) is 0. The van der Waals surface area contributed by atoms with Crippen molar-refractivity contribution in [2.75, 3.05) is 0 Å². The lowest BCUT2D eigenvalue weighted by molar-refractivity contribution is 0.739. The van der Waals surface area contributed by atoms with Crippen molar-refractivity contribution in [1.29, 1.82) is 0 Å². The molecule has 0 N–H and O–H groups in total. The van der Waals surface area contributed by atoms with E-state index in [0.717, 1.165) is 5.69 Å². The fourth-order valence-corrected chi connectivity index (χ4v) is 2.05. The zero-order valence-corrected chi connectivity index (χ0v) is 10.4. The summed E-state index contributed by atoms with van der Waals surface area (Å²) in [5.74, 6) is 0.538. The van der Waals surface area contributed by atoms with Crippen molar-refractivity contribution in [3.05, 3.63) is 34.6 Å². The largest absolute Gasteiger partial charge is 0.334 e. The van der Waals surface area contributed by atoms with E-state index in [4.69, 9.17) is 23.2 Å². The van der Waals surface area contributed by atoms with Gasteiger partial charge in [0, 0.05) is 12.2 Å². The Morgan fingerprint density at radius 3 is 2.53 bits per heavy atom. The summed E-state index contributed by atoms with van der Waals surface area (Å²) in [5, 5.41) is 0.225. The third kappa shape index (κ3) is 2.56. The minimum Gasteiger partial charge on any atom is -0.334 e. The van der Waals surface area contributed by atoms with Gasteiger partial charge in [0.05, 0.1) is 18.4 Å². The summed E-state index contributed by atoms with van der Waals surface area (Å²) in [4.78, 5) is 16.0. The van der Waals surface area contributed by atoms with Crippen molar-refractivity contribution < 1.29 is 0 Å². The molecule has 2 aromatic heterocycles. The van der Waals surface area contributed by atoms with Crippen LogP contribution in [0.25, 0.3) is 0 Å². The van der Waals surface area contributed by atoms with Gasteiger partial charge in [0.1, 0.15) is 5.82 Å². The molecule has 1 saturated carbocycles. The van der Waals surface area contributed by atoms with E-state index in [-0.39, 0.29) is 10.6 Å². The molecule has 1 aliphatic carbocycles. The van der Waals surface area contributed by atoms with Crippen LogP contribution in [0, 0.1) is 0 Å². The predicted molar refractivity (Wildman–Crippen MR) is 63.2 cm³/mol. The molecule has 5 nitrogen and oxygen atoms in total.